The van der Waals surface area contributed by atoms with E-state index in [1.54, 1.807) is 0 Å². The molecule has 3 nitrogen and oxygen atoms in total. The highest BCUT2D eigenvalue weighted by Crippen LogP contribution is 2.61. The molecular weight excluding hydrogens is 248 g/mol. The molecule has 0 aromatic heterocycles. The van der Waals surface area contributed by atoms with Crippen LogP contribution in [0.25, 0.3) is 0 Å². The van der Waals surface area contributed by atoms with E-state index in [0.717, 1.165) is 17.8 Å². The van der Waals surface area contributed by atoms with Crippen LogP contribution in [0, 0.1) is 23.2 Å². The van der Waals surface area contributed by atoms with Crippen LogP contribution in [0.4, 0.5) is 0 Å². The van der Waals surface area contributed by atoms with E-state index in [4.69, 9.17) is 0 Å². The van der Waals surface area contributed by atoms with Crippen molar-refractivity contribution in [1.29, 1.82) is 0 Å². The molecule has 1 unspecified atom stereocenters. The minimum absolute atomic E-state index is 0.198. The van der Waals surface area contributed by atoms with Crippen molar-refractivity contribution in [1.82, 2.24) is 10.6 Å². The lowest BCUT2D eigenvalue weighted by atomic mass is 9.48. The summed E-state index contributed by atoms with van der Waals surface area (Å²) in [6.07, 6.45) is 11.1. The quantitative estimate of drug-likeness (QED) is 0.810. The average molecular weight is 276 g/mol. The second-order valence-corrected chi connectivity index (χ2v) is 8.22. The van der Waals surface area contributed by atoms with E-state index in [1.165, 1.54) is 51.4 Å². The number of amides is 1. The van der Waals surface area contributed by atoms with Crippen LogP contribution in [-0.4, -0.2) is 24.5 Å². The number of nitrogens with one attached hydrogen (secondary N) is 2. The number of rotatable bonds is 5. The van der Waals surface area contributed by atoms with Crippen LogP contribution in [-0.2, 0) is 4.79 Å². The number of hydrogen-bond donors (Lipinski definition) is 2. The molecule has 0 aliphatic heterocycles. The monoisotopic (exact) mass is 276 g/mol. The van der Waals surface area contributed by atoms with Crippen molar-refractivity contribution in [2.75, 3.05) is 6.54 Å². The summed E-state index contributed by atoms with van der Waals surface area (Å²) in [7, 11) is 0. The summed E-state index contributed by atoms with van der Waals surface area (Å²) in [5, 5.41) is 6.64. The van der Waals surface area contributed by atoms with Gasteiger partial charge in [-0.05, 0) is 81.5 Å². The van der Waals surface area contributed by atoms with Gasteiger partial charge in [-0.2, -0.15) is 0 Å². The smallest absolute Gasteiger partial charge is 0.234 e. The molecule has 0 saturated heterocycles. The zero-order valence-corrected chi connectivity index (χ0v) is 12.7. The molecule has 0 aromatic rings. The van der Waals surface area contributed by atoms with Crippen LogP contribution in [0.1, 0.15) is 58.3 Å². The SMILES string of the molecule is CC(NCC(=O)NC1CC1)C12CC3CC(CC(C3)C1)C2. The van der Waals surface area contributed by atoms with Crippen molar-refractivity contribution < 1.29 is 4.79 Å². The van der Waals surface area contributed by atoms with Crippen molar-refractivity contribution in [2.24, 2.45) is 23.2 Å². The first-order valence-electron chi connectivity index (χ1n) is 8.66. The molecule has 5 rings (SSSR count). The van der Waals surface area contributed by atoms with Crippen molar-refractivity contribution >= 4 is 5.91 Å². The third kappa shape index (κ3) is 2.38. The molecule has 4 bridgehead atoms. The molecule has 3 heteroatoms. The minimum atomic E-state index is 0.198. The first kappa shape index (κ1) is 13.1. The van der Waals surface area contributed by atoms with Crippen molar-refractivity contribution in [3.8, 4) is 0 Å². The van der Waals surface area contributed by atoms with E-state index in [-0.39, 0.29) is 5.91 Å². The van der Waals surface area contributed by atoms with Crippen molar-refractivity contribution in [2.45, 2.75) is 70.4 Å². The Labute approximate surface area is 122 Å². The van der Waals surface area contributed by atoms with E-state index in [2.05, 4.69) is 17.6 Å². The fourth-order valence-corrected chi connectivity index (χ4v) is 5.68. The van der Waals surface area contributed by atoms with Crippen LogP contribution in [0.2, 0.25) is 0 Å². The molecule has 1 amide bonds. The van der Waals surface area contributed by atoms with E-state index in [1.807, 2.05) is 0 Å². The first-order chi connectivity index (χ1) is 9.63. The van der Waals surface area contributed by atoms with Crippen LogP contribution in [0.15, 0.2) is 0 Å². The maximum Gasteiger partial charge on any atom is 0.234 e. The van der Waals surface area contributed by atoms with Gasteiger partial charge >= 0.3 is 0 Å². The number of hydrogen-bond acceptors (Lipinski definition) is 2. The van der Waals surface area contributed by atoms with Gasteiger partial charge in [0.2, 0.25) is 5.91 Å². The summed E-state index contributed by atoms with van der Waals surface area (Å²) in [6.45, 7) is 2.84. The van der Waals surface area contributed by atoms with Gasteiger partial charge in [0.25, 0.3) is 0 Å². The molecule has 5 aliphatic carbocycles. The molecule has 0 aromatic carbocycles. The molecule has 1 atom stereocenters. The van der Waals surface area contributed by atoms with Gasteiger partial charge in [-0.1, -0.05) is 0 Å². The summed E-state index contributed by atoms with van der Waals surface area (Å²) in [6, 6.07) is 0.986. The molecule has 0 spiro atoms. The van der Waals surface area contributed by atoms with Gasteiger partial charge in [0.15, 0.2) is 0 Å². The molecule has 0 heterocycles. The Balaban J connectivity index is 1.35. The molecule has 5 saturated carbocycles. The average Bonchev–Trinajstić information content (AvgIpc) is 3.18. The number of carbonyl (C=O) groups excluding carboxylic acids is 1. The summed E-state index contributed by atoms with van der Waals surface area (Å²) < 4.78 is 0. The molecule has 5 fully saturated rings. The lowest BCUT2D eigenvalue weighted by Crippen LogP contribution is -2.56. The van der Waals surface area contributed by atoms with E-state index >= 15 is 0 Å². The highest BCUT2D eigenvalue weighted by molar-refractivity contribution is 5.78. The largest absolute Gasteiger partial charge is 0.352 e. The minimum Gasteiger partial charge on any atom is -0.352 e. The fraction of sp³-hybridized carbons (Fsp3) is 0.941. The van der Waals surface area contributed by atoms with Crippen molar-refractivity contribution in [3.05, 3.63) is 0 Å². The maximum atomic E-state index is 11.9. The van der Waals surface area contributed by atoms with Crippen LogP contribution >= 0.6 is 0 Å². The normalized spacial score (nSPS) is 43.5. The van der Waals surface area contributed by atoms with E-state index < -0.39 is 0 Å². The molecule has 0 radical (unpaired) electrons. The zero-order valence-electron chi connectivity index (χ0n) is 12.7. The Kier molecular flexibility index (Phi) is 3.10. The van der Waals surface area contributed by atoms with Gasteiger partial charge < -0.3 is 10.6 Å². The Morgan fingerprint density at radius 1 is 1.10 bits per heavy atom. The Morgan fingerprint density at radius 2 is 1.65 bits per heavy atom. The molecular formula is C17H28N2O. The van der Waals surface area contributed by atoms with E-state index in [0.29, 0.717) is 24.0 Å². The number of carbonyl (C=O) groups is 1. The Bertz CT molecular complexity index is 367. The van der Waals surface area contributed by atoms with Gasteiger partial charge in [0, 0.05) is 12.1 Å². The summed E-state index contributed by atoms with van der Waals surface area (Å²) in [4.78, 5) is 11.9. The van der Waals surface area contributed by atoms with Gasteiger partial charge in [-0.25, -0.2) is 0 Å². The molecule has 20 heavy (non-hydrogen) atoms. The summed E-state index contributed by atoms with van der Waals surface area (Å²) in [5.74, 6) is 3.17. The fourth-order valence-electron chi connectivity index (χ4n) is 5.68. The van der Waals surface area contributed by atoms with Gasteiger partial charge in [-0.3, -0.25) is 4.79 Å². The van der Waals surface area contributed by atoms with Crippen LogP contribution < -0.4 is 10.6 Å². The summed E-state index contributed by atoms with van der Waals surface area (Å²) >= 11 is 0. The molecule has 112 valence electrons. The second kappa shape index (κ2) is 4.72. The lowest BCUT2D eigenvalue weighted by Gasteiger charge is -2.59. The third-order valence-electron chi connectivity index (χ3n) is 6.52. The summed E-state index contributed by atoms with van der Waals surface area (Å²) in [5.41, 5.74) is 0.509. The van der Waals surface area contributed by atoms with Gasteiger partial charge in [-0.15, -0.1) is 0 Å². The third-order valence-corrected chi connectivity index (χ3v) is 6.52. The first-order valence-corrected chi connectivity index (χ1v) is 8.66. The highest BCUT2D eigenvalue weighted by atomic mass is 16.2. The molecule has 2 N–H and O–H groups in total. The zero-order chi connectivity index (χ0) is 13.7. The van der Waals surface area contributed by atoms with Gasteiger partial charge in [0.1, 0.15) is 0 Å². The highest BCUT2D eigenvalue weighted by Gasteiger charge is 2.52. The van der Waals surface area contributed by atoms with Crippen LogP contribution in [0.3, 0.4) is 0 Å². The second-order valence-electron chi connectivity index (χ2n) is 8.22. The predicted molar refractivity (Wildman–Crippen MR) is 79.2 cm³/mol. The standard InChI is InChI=1S/C17H28N2O/c1-11(18-10-16(20)19-15-2-3-15)17-7-12-4-13(8-17)6-14(5-12)9-17/h11-15,18H,2-10H2,1H3,(H,19,20). The van der Waals surface area contributed by atoms with E-state index in [9.17, 15) is 4.79 Å². The molecule has 5 aliphatic rings. The predicted octanol–water partition coefficient (Wildman–Crippen LogP) is 2.46. The lowest BCUT2D eigenvalue weighted by molar-refractivity contribution is -0.121. The Morgan fingerprint density at radius 3 is 2.15 bits per heavy atom. The van der Waals surface area contributed by atoms with Crippen molar-refractivity contribution in [3.63, 3.8) is 0 Å². The topological polar surface area (TPSA) is 41.1 Å². The maximum absolute atomic E-state index is 11.9. The van der Waals surface area contributed by atoms with Crippen LogP contribution in [0.5, 0.6) is 0 Å². The Hall–Kier alpha value is -0.570. The van der Waals surface area contributed by atoms with Gasteiger partial charge in [0.05, 0.1) is 6.54 Å².